The van der Waals surface area contributed by atoms with Crippen LogP contribution in [0.25, 0.3) is 11.2 Å². The maximum atomic E-state index is 13.4. The minimum atomic E-state index is -4.57. The first-order valence-corrected chi connectivity index (χ1v) is 9.19. The molecule has 0 amide bonds. The van der Waals surface area contributed by atoms with E-state index in [1.54, 1.807) is 6.92 Å². The molecule has 0 aliphatic carbocycles. The standard InChI is InChI=1S/C19H19F3N6O/c1-12-15-17(26-6-5-25-15)28(18(29)16(12)27-9-7-23-8-10-27)11-14-13(19(20,21)22)3-2-4-24-14/h2-6,23H,7-11H2,1H3. The lowest BCUT2D eigenvalue weighted by Crippen LogP contribution is -2.46. The van der Waals surface area contributed by atoms with Crippen molar-refractivity contribution in [3.63, 3.8) is 0 Å². The molecular formula is C19H19F3N6O. The zero-order valence-corrected chi connectivity index (χ0v) is 15.7. The second kappa shape index (κ2) is 7.43. The predicted molar refractivity (Wildman–Crippen MR) is 102 cm³/mol. The molecule has 3 aromatic heterocycles. The molecule has 1 aliphatic heterocycles. The molecule has 0 aromatic carbocycles. The van der Waals surface area contributed by atoms with Crippen LogP contribution in [0.3, 0.4) is 0 Å². The molecule has 10 heteroatoms. The molecule has 29 heavy (non-hydrogen) atoms. The van der Waals surface area contributed by atoms with Gasteiger partial charge in [0.1, 0.15) is 11.2 Å². The fourth-order valence-electron chi connectivity index (χ4n) is 3.67. The molecule has 0 unspecified atom stereocenters. The van der Waals surface area contributed by atoms with Gasteiger partial charge in [-0.2, -0.15) is 13.2 Å². The van der Waals surface area contributed by atoms with Crippen molar-refractivity contribution in [3.05, 3.63) is 57.9 Å². The Morgan fingerprint density at radius 3 is 2.55 bits per heavy atom. The highest BCUT2D eigenvalue weighted by molar-refractivity contribution is 5.80. The minimum absolute atomic E-state index is 0.232. The highest BCUT2D eigenvalue weighted by Gasteiger charge is 2.34. The van der Waals surface area contributed by atoms with Gasteiger partial charge in [-0.1, -0.05) is 0 Å². The number of alkyl halides is 3. The van der Waals surface area contributed by atoms with Gasteiger partial charge in [-0.3, -0.25) is 19.3 Å². The number of piperazine rings is 1. The summed E-state index contributed by atoms with van der Waals surface area (Å²) in [7, 11) is 0. The molecule has 4 rings (SSSR count). The first kappa shape index (κ1) is 19.3. The maximum absolute atomic E-state index is 13.4. The number of anilines is 1. The summed E-state index contributed by atoms with van der Waals surface area (Å²) in [6, 6.07) is 2.20. The van der Waals surface area contributed by atoms with Crippen molar-refractivity contribution in [2.45, 2.75) is 19.6 Å². The van der Waals surface area contributed by atoms with Gasteiger partial charge in [-0.05, 0) is 19.1 Å². The molecule has 3 aromatic rings. The van der Waals surface area contributed by atoms with Crippen molar-refractivity contribution in [2.24, 2.45) is 0 Å². The topological polar surface area (TPSA) is 75.9 Å². The molecule has 0 atom stereocenters. The van der Waals surface area contributed by atoms with E-state index in [1.807, 2.05) is 4.90 Å². The quantitative estimate of drug-likeness (QED) is 0.720. The summed E-state index contributed by atoms with van der Waals surface area (Å²) in [5.74, 6) is 0. The van der Waals surface area contributed by atoms with Gasteiger partial charge >= 0.3 is 6.18 Å². The number of aromatic nitrogens is 4. The molecule has 4 heterocycles. The van der Waals surface area contributed by atoms with E-state index in [0.29, 0.717) is 29.9 Å². The summed E-state index contributed by atoms with van der Waals surface area (Å²) in [5, 5.41) is 3.23. The van der Waals surface area contributed by atoms with Crippen LogP contribution >= 0.6 is 0 Å². The van der Waals surface area contributed by atoms with Crippen LogP contribution in [-0.4, -0.2) is 45.7 Å². The Balaban J connectivity index is 1.92. The van der Waals surface area contributed by atoms with Crippen molar-refractivity contribution in [1.82, 2.24) is 24.8 Å². The zero-order valence-electron chi connectivity index (χ0n) is 15.7. The van der Waals surface area contributed by atoms with Crippen molar-refractivity contribution < 1.29 is 13.2 Å². The van der Waals surface area contributed by atoms with Crippen molar-refractivity contribution in [3.8, 4) is 0 Å². The van der Waals surface area contributed by atoms with E-state index >= 15 is 0 Å². The predicted octanol–water partition coefficient (Wildman–Crippen LogP) is 1.97. The number of hydrogen-bond donors (Lipinski definition) is 1. The molecule has 0 bridgehead atoms. The number of hydrogen-bond acceptors (Lipinski definition) is 6. The summed E-state index contributed by atoms with van der Waals surface area (Å²) in [6.07, 6.45) is -0.353. The molecule has 1 saturated heterocycles. The van der Waals surface area contributed by atoms with Gasteiger partial charge in [-0.25, -0.2) is 4.98 Å². The lowest BCUT2D eigenvalue weighted by atomic mass is 10.1. The lowest BCUT2D eigenvalue weighted by molar-refractivity contribution is -0.138. The smallest absolute Gasteiger partial charge is 0.364 e. The molecule has 1 aliphatic rings. The maximum Gasteiger partial charge on any atom is 0.418 e. The van der Waals surface area contributed by atoms with Crippen LogP contribution < -0.4 is 15.8 Å². The average Bonchev–Trinajstić information content (AvgIpc) is 2.72. The number of nitrogens with zero attached hydrogens (tertiary/aromatic N) is 5. The third-order valence-corrected chi connectivity index (χ3v) is 5.03. The first-order valence-electron chi connectivity index (χ1n) is 9.19. The Bertz CT molecular complexity index is 1110. The molecule has 0 spiro atoms. The first-order chi connectivity index (χ1) is 13.9. The number of pyridine rings is 2. The van der Waals surface area contributed by atoms with Crippen LogP contribution in [0.5, 0.6) is 0 Å². The van der Waals surface area contributed by atoms with E-state index in [4.69, 9.17) is 0 Å². The monoisotopic (exact) mass is 404 g/mol. The molecule has 1 fully saturated rings. The highest BCUT2D eigenvalue weighted by atomic mass is 19.4. The van der Waals surface area contributed by atoms with Crippen LogP contribution in [-0.2, 0) is 12.7 Å². The van der Waals surface area contributed by atoms with Crippen LogP contribution in [0.1, 0.15) is 16.8 Å². The van der Waals surface area contributed by atoms with Gasteiger partial charge in [0.05, 0.1) is 17.8 Å². The lowest BCUT2D eigenvalue weighted by Gasteiger charge is -2.30. The van der Waals surface area contributed by atoms with Gasteiger partial charge in [0.2, 0.25) is 0 Å². The summed E-state index contributed by atoms with van der Waals surface area (Å²) < 4.78 is 41.5. The summed E-state index contributed by atoms with van der Waals surface area (Å²) in [4.78, 5) is 27.8. The van der Waals surface area contributed by atoms with Gasteiger partial charge in [0.25, 0.3) is 5.56 Å². The summed E-state index contributed by atoms with van der Waals surface area (Å²) >= 11 is 0. The normalized spacial score (nSPS) is 15.1. The van der Waals surface area contributed by atoms with Crippen molar-refractivity contribution in [2.75, 3.05) is 31.1 Å². The van der Waals surface area contributed by atoms with Gasteiger partial charge < -0.3 is 10.2 Å². The largest absolute Gasteiger partial charge is 0.418 e. The zero-order chi connectivity index (χ0) is 20.6. The Morgan fingerprint density at radius 2 is 1.83 bits per heavy atom. The molecule has 152 valence electrons. The third kappa shape index (κ3) is 3.55. The van der Waals surface area contributed by atoms with Crippen molar-refractivity contribution >= 4 is 16.9 Å². The van der Waals surface area contributed by atoms with Crippen LogP contribution in [0.15, 0.2) is 35.5 Å². The number of aryl methyl sites for hydroxylation is 1. The van der Waals surface area contributed by atoms with Crippen LogP contribution in [0.2, 0.25) is 0 Å². The second-order valence-electron chi connectivity index (χ2n) is 6.83. The van der Waals surface area contributed by atoms with Crippen molar-refractivity contribution in [1.29, 1.82) is 0 Å². The molecule has 0 radical (unpaired) electrons. The van der Waals surface area contributed by atoms with Gasteiger partial charge in [0, 0.05) is 50.3 Å². The van der Waals surface area contributed by atoms with Crippen LogP contribution in [0, 0.1) is 6.92 Å². The summed E-state index contributed by atoms with van der Waals surface area (Å²) in [5.41, 5.74) is 0.365. The number of halogens is 3. The molecular weight excluding hydrogens is 385 g/mol. The molecule has 1 N–H and O–H groups in total. The fourth-order valence-corrected chi connectivity index (χ4v) is 3.67. The number of rotatable bonds is 3. The van der Waals surface area contributed by atoms with E-state index < -0.39 is 17.3 Å². The Labute approximate surface area is 164 Å². The average molecular weight is 404 g/mol. The van der Waals surface area contributed by atoms with Gasteiger partial charge in [0.15, 0.2) is 5.65 Å². The van der Waals surface area contributed by atoms with E-state index in [1.165, 1.54) is 29.2 Å². The second-order valence-corrected chi connectivity index (χ2v) is 6.83. The molecule has 0 saturated carbocycles. The minimum Gasteiger partial charge on any atom is -0.364 e. The third-order valence-electron chi connectivity index (χ3n) is 5.03. The summed E-state index contributed by atoms with van der Waals surface area (Å²) in [6.45, 7) is 4.13. The Hall–Kier alpha value is -3.01. The Morgan fingerprint density at radius 1 is 1.10 bits per heavy atom. The van der Waals surface area contributed by atoms with E-state index in [9.17, 15) is 18.0 Å². The van der Waals surface area contributed by atoms with E-state index in [0.717, 1.165) is 19.2 Å². The Kier molecular flexibility index (Phi) is 4.95. The molecule has 7 nitrogen and oxygen atoms in total. The highest BCUT2D eigenvalue weighted by Crippen LogP contribution is 2.31. The SMILES string of the molecule is Cc1c(N2CCNCC2)c(=O)n(Cc2ncccc2C(F)(F)F)c2nccnc12. The van der Waals surface area contributed by atoms with E-state index in [2.05, 4.69) is 20.3 Å². The van der Waals surface area contributed by atoms with E-state index in [-0.39, 0.29) is 17.9 Å². The number of fused-ring (bicyclic) bond motifs is 1. The fraction of sp³-hybridized carbons (Fsp3) is 0.368. The van der Waals surface area contributed by atoms with Gasteiger partial charge in [-0.15, -0.1) is 0 Å². The van der Waals surface area contributed by atoms with Crippen LogP contribution in [0.4, 0.5) is 18.9 Å². The number of nitrogens with one attached hydrogen (secondary N) is 1.